The second-order valence-corrected chi connectivity index (χ2v) is 5.70. The summed E-state index contributed by atoms with van der Waals surface area (Å²) in [6.07, 6.45) is 2.23. The number of benzene rings is 1. The number of alkyl halides is 1. The zero-order valence-corrected chi connectivity index (χ0v) is 12.4. The quantitative estimate of drug-likeness (QED) is 0.812. The Bertz CT molecular complexity index is 618. The number of hydrogen-bond acceptors (Lipinski definition) is 2. The molecule has 1 aromatic heterocycles. The average molecular weight is 322 g/mol. The molecule has 1 aromatic carbocycles. The number of hydrogen-bond donors (Lipinski definition) is 0. The fourth-order valence-corrected chi connectivity index (χ4v) is 2.82. The number of aryl methyl sites for hydroxylation is 1. The van der Waals surface area contributed by atoms with E-state index in [1.54, 1.807) is 4.68 Å². The van der Waals surface area contributed by atoms with Crippen LogP contribution in [-0.4, -0.2) is 38.5 Å². The summed E-state index contributed by atoms with van der Waals surface area (Å²) in [6.45, 7) is 0.744. The highest BCUT2D eigenvalue weighted by Crippen LogP contribution is 2.29. The molecule has 1 fully saturated rings. The second kappa shape index (κ2) is 4.96. The number of para-hydroxylation sites is 1. The van der Waals surface area contributed by atoms with E-state index >= 15 is 0 Å². The van der Waals surface area contributed by atoms with Gasteiger partial charge in [-0.05, 0) is 18.9 Å². The lowest BCUT2D eigenvalue weighted by Crippen LogP contribution is -2.35. The molecule has 1 saturated carbocycles. The molecular weight excluding hydrogens is 306 g/mol. The largest absolute Gasteiger partial charge is 0.333 e. The molecule has 0 radical (unpaired) electrons. The van der Waals surface area contributed by atoms with Gasteiger partial charge in [-0.3, -0.25) is 9.48 Å². The fraction of sp³-hybridized carbons (Fsp3) is 0.429. The lowest BCUT2D eigenvalue weighted by Gasteiger charge is -2.20. The maximum absolute atomic E-state index is 12.7. The summed E-state index contributed by atoms with van der Waals surface area (Å²) in [6, 6.07) is 8.29. The first kappa shape index (κ1) is 12.7. The van der Waals surface area contributed by atoms with Crippen LogP contribution in [-0.2, 0) is 7.05 Å². The van der Waals surface area contributed by atoms with Gasteiger partial charge in [-0.15, -0.1) is 0 Å². The van der Waals surface area contributed by atoms with Crippen molar-refractivity contribution < 1.29 is 4.79 Å². The Morgan fingerprint density at radius 2 is 2.21 bits per heavy atom. The number of nitrogens with zero attached hydrogens (tertiary/aromatic N) is 3. The van der Waals surface area contributed by atoms with Gasteiger partial charge in [0.25, 0.3) is 5.91 Å². The van der Waals surface area contributed by atoms with E-state index in [-0.39, 0.29) is 5.91 Å². The molecule has 1 aliphatic carbocycles. The topological polar surface area (TPSA) is 38.1 Å². The summed E-state index contributed by atoms with van der Waals surface area (Å²) in [5.74, 6) is 0.0544. The third kappa shape index (κ3) is 2.27. The molecular formula is C14H16BrN3O. The summed E-state index contributed by atoms with van der Waals surface area (Å²) >= 11 is 3.42. The molecule has 1 aliphatic rings. The van der Waals surface area contributed by atoms with Crippen molar-refractivity contribution in [3.8, 4) is 0 Å². The number of halogens is 1. The van der Waals surface area contributed by atoms with Crippen LogP contribution in [0.2, 0.25) is 0 Å². The maximum atomic E-state index is 12.7. The van der Waals surface area contributed by atoms with Crippen LogP contribution >= 0.6 is 15.9 Å². The normalized spacial score (nSPS) is 14.8. The predicted molar refractivity (Wildman–Crippen MR) is 78.6 cm³/mol. The summed E-state index contributed by atoms with van der Waals surface area (Å²) < 4.78 is 1.78. The first-order valence-corrected chi connectivity index (χ1v) is 7.63. The first-order chi connectivity index (χ1) is 9.22. The predicted octanol–water partition coefficient (Wildman–Crippen LogP) is 2.57. The number of aromatic nitrogens is 2. The van der Waals surface area contributed by atoms with Gasteiger partial charge in [0.1, 0.15) is 0 Å². The number of carbonyl (C=O) groups is 1. The molecule has 0 saturated heterocycles. The smallest absolute Gasteiger partial charge is 0.275 e. The van der Waals surface area contributed by atoms with E-state index in [2.05, 4.69) is 21.0 Å². The Balaban J connectivity index is 2.01. The van der Waals surface area contributed by atoms with Crippen LogP contribution in [0.25, 0.3) is 10.9 Å². The van der Waals surface area contributed by atoms with Gasteiger partial charge >= 0.3 is 0 Å². The summed E-state index contributed by atoms with van der Waals surface area (Å²) in [4.78, 5) is 14.6. The standard InChI is InChI=1S/C14H16BrN3O/c1-17-12-5-3-2-4-11(12)13(16-17)14(19)18(9-8-15)10-6-7-10/h2-5,10H,6-9H2,1H3. The van der Waals surface area contributed by atoms with E-state index in [0.717, 1.165) is 35.6 Å². The number of carbonyl (C=O) groups excluding carboxylic acids is 1. The van der Waals surface area contributed by atoms with E-state index in [4.69, 9.17) is 0 Å². The van der Waals surface area contributed by atoms with Gasteiger partial charge in [0.2, 0.25) is 0 Å². The summed E-state index contributed by atoms with van der Waals surface area (Å²) in [5.41, 5.74) is 1.58. The van der Waals surface area contributed by atoms with Crippen molar-refractivity contribution in [2.75, 3.05) is 11.9 Å². The molecule has 0 bridgehead atoms. The third-order valence-corrected chi connectivity index (χ3v) is 3.89. The number of fused-ring (bicyclic) bond motifs is 1. The van der Waals surface area contributed by atoms with Crippen LogP contribution in [0.15, 0.2) is 24.3 Å². The second-order valence-electron chi connectivity index (χ2n) is 4.91. The Hall–Kier alpha value is -1.36. The lowest BCUT2D eigenvalue weighted by atomic mass is 10.2. The van der Waals surface area contributed by atoms with Gasteiger partial charge in [-0.2, -0.15) is 5.10 Å². The van der Waals surface area contributed by atoms with Gasteiger partial charge in [0.15, 0.2) is 5.69 Å². The van der Waals surface area contributed by atoms with Crippen LogP contribution in [0, 0.1) is 0 Å². The highest BCUT2D eigenvalue weighted by Gasteiger charge is 2.34. The minimum Gasteiger partial charge on any atom is -0.333 e. The molecule has 0 unspecified atom stereocenters. The van der Waals surface area contributed by atoms with E-state index < -0.39 is 0 Å². The van der Waals surface area contributed by atoms with Crippen LogP contribution in [0.1, 0.15) is 23.3 Å². The van der Waals surface area contributed by atoms with Gasteiger partial charge < -0.3 is 4.90 Å². The van der Waals surface area contributed by atoms with Crippen molar-refractivity contribution in [3.05, 3.63) is 30.0 Å². The molecule has 0 spiro atoms. The Morgan fingerprint density at radius 3 is 2.89 bits per heavy atom. The molecule has 3 rings (SSSR count). The van der Waals surface area contributed by atoms with E-state index in [0.29, 0.717) is 11.7 Å². The van der Waals surface area contributed by atoms with Crippen molar-refractivity contribution in [1.29, 1.82) is 0 Å². The van der Waals surface area contributed by atoms with Crippen molar-refractivity contribution in [2.45, 2.75) is 18.9 Å². The van der Waals surface area contributed by atoms with Gasteiger partial charge in [-0.1, -0.05) is 34.1 Å². The molecule has 4 nitrogen and oxygen atoms in total. The molecule has 0 aliphatic heterocycles. The highest BCUT2D eigenvalue weighted by molar-refractivity contribution is 9.09. The summed E-state index contributed by atoms with van der Waals surface area (Å²) in [5, 5.41) is 6.16. The lowest BCUT2D eigenvalue weighted by molar-refractivity contribution is 0.0750. The molecule has 5 heteroatoms. The van der Waals surface area contributed by atoms with Crippen molar-refractivity contribution in [1.82, 2.24) is 14.7 Å². The van der Waals surface area contributed by atoms with Gasteiger partial charge in [0.05, 0.1) is 5.52 Å². The van der Waals surface area contributed by atoms with Crippen molar-refractivity contribution in [2.24, 2.45) is 7.05 Å². The SMILES string of the molecule is Cn1nc(C(=O)N(CCBr)C2CC2)c2ccccc21. The van der Waals surface area contributed by atoms with Crippen molar-refractivity contribution in [3.63, 3.8) is 0 Å². The summed E-state index contributed by atoms with van der Waals surface area (Å²) in [7, 11) is 1.88. The van der Waals surface area contributed by atoms with Crippen LogP contribution in [0.5, 0.6) is 0 Å². The zero-order chi connectivity index (χ0) is 13.4. The minimum absolute atomic E-state index is 0.0544. The first-order valence-electron chi connectivity index (χ1n) is 6.51. The Morgan fingerprint density at radius 1 is 1.47 bits per heavy atom. The molecule has 19 heavy (non-hydrogen) atoms. The molecule has 0 atom stereocenters. The average Bonchev–Trinajstić information content (AvgIpc) is 3.21. The van der Waals surface area contributed by atoms with Crippen LogP contribution in [0.3, 0.4) is 0 Å². The Labute approximate surface area is 120 Å². The van der Waals surface area contributed by atoms with Crippen molar-refractivity contribution >= 4 is 32.7 Å². The third-order valence-electron chi connectivity index (χ3n) is 3.53. The monoisotopic (exact) mass is 321 g/mol. The van der Waals surface area contributed by atoms with Crippen LogP contribution < -0.4 is 0 Å². The van der Waals surface area contributed by atoms with Crippen LogP contribution in [0.4, 0.5) is 0 Å². The van der Waals surface area contributed by atoms with E-state index in [1.165, 1.54) is 0 Å². The van der Waals surface area contributed by atoms with Gasteiger partial charge in [0, 0.05) is 30.4 Å². The van der Waals surface area contributed by atoms with E-state index in [9.17, 15) is 4.79 Å². The van der Waals surface area contributed by atoms with Gasteiger partial charge in [-0.25, -0.2) is 0 Å². The number of rotatable bonds is 4. The molecule has 1 heterocycles. The molecule has 1 amide bonds. The minimum atomic E-state index is 0.0544. The highest BCUT2D eigenvalue weighted by atomic mass is 79.9. The Kier molecular flexibility index (Phi) is 3.31. The molecule has 0 N–H and O–H groups in total. The molecule has 2 aromatic rings. The molecule has 100 valence electrons. The van der Waals surface area contributed by atoms with E-state index in [1.807, 2.05) is 36.2 Å². The maximum Gasteiger partial charge on any atom is 0.275 e. The number of amides is 1. The fourth-order valence-electron chi connectivity index (χ4n) is 2.44. The zero-order valence-electron chi connectivity index (χ0n) is 10.8.